The molecule has 1 fully saturated rings. The molecule has 1 saturated heterocycles. The van der Waals surface area contributed by atoms with Crippen molar-refractivity contribution in [2.24, 2.45) is 5.73 Å². The van der Waals surface area contributed by atoms with E-state index in [1.54, 1.807) is 0 Å². The minimum absolute atomic E-state index is 0. The molecular weight excluding hydrogens is 359 g/mol. The second-order valence-corrected chi connectivity index (χ2v) is 6.35. The number of carbonyl (C=O) groups is 1. The summed E-state index contributed by atoms with van der Waals surface area (Å²) in [4.78, 5) is 14.5. The van der Waals surface area contributed by atoms with Crippen LogP contribution >= 0.6 is 24.8 Å². The number of aromatic nitrogens is 2. The van der Waals surface area contributed by atoms with Gasteiger partial charge in [0.15, 0.2) is 0 Å². The molecule has 1 aliphatic heterocycles. The highest BCUT2D eigenvalue weighted by molar-refractivity contribution is 5.85. The topological polar surface area (TPSA) is 64.2 Å². The summed E-state index contributed by atoms with van der Waals surface area (Å²) < 4.78 is 1.99. The maximum atomic E-state index is 12.6. The van der Waals surface area contributed by atoms with E-state index in [4.69, 9.17) is 5.73 Å². The third-order valence-electron chi connectivity index (χ3n) is 4.48. The number of likely N-dealkylation sites (tertiary alicyclic amines) is 1. The summed E-state index contributed by atoms with van der Waals surface area (Å²) >= 11 is 0. The van der Waals surface area contributed by atoms with E-state index in [0.717, 1.165) is 37.1 Å². The number of nitrogens with zero attached hydrogens (tertiary/aromatic N) is 3. The lowest BCUT2D eigenvalue weighted by Crippen LogP contribution is -2.41. The first-order valence-corrected chi connectivity index (χ1v) is 8.22. The van der Waals surface area contributed by atoms with Gasteiger partial charge in [-0.2, -0.15) is 5.10 Å². The van der Waals surface area contributed by atoms with Crippen molar-refractivity contribution in [1.82, 2.24) is 14.7 Å². The van der Waals surface area contributed by atoms with E-state index in [9.17, 15) is 4.79 Å². The van der Waals surface area contributed by atoms with Crippen molar-refractivity contribution >= 4 is 30.7 Å². The van der Waals surface area contributed by atoms with Crippen LogP contribution in [-0.4, -0.2) is 33.7 Å². The summed E-state index contributed by atoms with van der Waals surface area (Å²) in [5.74, 6) is 0.134. The number of amides is 1. The molecular formula is C18H26Cl2N4O. The van der Waals surface area contributed by atoms with Crippen LogP contribution in [0.1, 0.15) is 42.5 Å². The summed E-state index contributed by atoms with van der Waals surface area (Å²) in [7, 11) is 0. The molecule has 0 saturated carbocycles. The van der Waals surface area contributed by atoms with Crippen LogP contribution in [0.3, 0.4) is 0 Å². The molecule has 7 heteroatoms. The zero-order valence-electron chi connectivity index (χ0n) is 14.4. The van der Waals surface area contributed by atoms with Crippen LogP contribution in [0.15, 0.2) is 42.7 Å². The Morgan fingerprint density at radius 1 is 1.32 bits per heavy atom. The molecule has 0 bridgehead atoms. The van der Waals surface area contributed by atoms with Gasteiger partial charge in [-0.05, 0) is 30.9 Å². The van der Waals surface area contributed by atoms with Gasteiger partial charge < -0.3 is 10.6 Å². The number of carbonyl (C=O) groups excluding carboxylic acids is 1. The zero-order valence-corrected chi connectivity index (χ0v) is 16.0. The molecule has 1 aliphatic rings. The van der Waals surface area contributed by atoms with E-state index in [2.05, 4.69) is 5.10 Å². The van der Waals surface area contributed by atoms with Crippen LogP contribution in [0.25, 0.3) is 0 Å². The summed E-state index contributed by atoms with van der Waals surface area (Å²) in [5.41, 5.74) is 8.35. The number of hydrogen-bond donors (Lipinski definition) is 1. The van der Waals surface area contributed by atoms with Crippen molar-refractivity contribution in [2.75, 3.05) is 13.1 Å². The van der Waals surface area contributed by atoms with Crippen LogP contribution in [0.2, 0.25) is 0 Å². The fourth-order valence-electron chi connectivity index (χ4n) is 3.17. The monoisotopic (exact) mass is 384 g/mol. The van der Waals surface area contributed by atoms with Crippen LogP contribution in [0.4, 0.5) is 0 Å². The first-order chi connectivity index (χ1) is 11.1. The molecule has 2 N–H and O–H groups in total. The van der Waals surface area contributed by atoms with E-state index in [0.29, 0.717) is 6.42 Å². The van der Waals surface area contributed by atoms with Crippen molar-refractivity contribution in [3.63, 3.8) is 0 Å². The van der Waals surface area contributed by atoms with Gasteiger partial charge in [-0.1, -0.05) is 30.3 Å². The van der Waals surface area contributed by atoms with Gasteiger partial charge in [0, 0.05) is 31.7 Å². The van der Waals surface area contributed by atoms with Gasteiger partial charge in [-0.15, -0.1) is 24.8 Å². The zero-order chi connectivity index (χ0) is 16.2. The highest BCUT2D eigenvalue weighted by Crippen LogP contribution is 2.23. The SMILES string of the molecule is Cc1cnn(C2CCCN(C(=O)CC(N)c3ccccc3)C2)c1.Cl.Cl. The van der Waals surface area contributed by atoms with Gasteiger partial charge in [0.1, 0.15) is 0 Å². The molecule has 1 aromatic carbocycles. The van der Waals surface area contributed by atoms with Gasteiger partial charge in [0.2, 0.25) is 5.91 Å². The Balaban J connectivity index is 0.00000156. The molecule has 138 valence electrons. The standard InChI is InChI=1S/C18H24N4O.2ClH/c1-14-11-20-22(12-14)16-8-5-9-21(13-16)18(23)10-17(19)15-6-3-2-4-7-15;;/h2-4,6-7,11-12,16-17H,5,8-10,13,19H2,1H3;2*1H. The Kier molecular flexibility index (Phi) is 8.42. The highest BCUT2D eigenvalue weighted by Gasteiger charge is 2.26. The summed E-state index contributed by atoms with van der Waals surface area (Å²) in [6, 6.07) is 9.85. The van der Waals surface area contributed by atoms with Gasteiger partial charge in [-0.25, -0.2) is 0 Å². The lowest BCUT2D eigenvalue weighted by molar-refractivity contribution is -0.133. The van der Waals surface area contributed by atoms with Crippen molar-refractivity contribution < 1.29 is 4.79 Å². The van der Waals surface area contributed by atoms with Gasteiger partial charge in [0.05, 0.1) is 12.2 Å². The Bertz CT molecular complexity index is 662. The number of aryl methyl sites for hydroxylation is 1. The fraction of sp³-hybridized carbons (Fsp3) is 0.444. The smallest absolute Gasteiger partial charge is 0.224 e. The first-order valence-electron chi connectivity index (χ1n) is 8.22. The lowest BCUT2D eigenvalue weighted by Gasteiger charge is -2.33. The number of benzene rings is 1. The Hall–Kier alpha value is -1.56. The van der Waals surface area contributed by atoms with Crippen LogP contribution in [0.5, 0.6) is 0 Å². The lowest BCUT2D eigenvalue weighted by atomic mass is 10.0. The second kappa shape index (κ2) is 9.80. The molecule has 2 aromatic rings. The maximum Gasteiger partial charge on any atom is 0.224 e. The third-order valence-corrected chi connectivity index (χ3v) is 4.48. The molecule has 5 nitrogen and oxygen atoms in total. The van der Waals surface area contributed by atoms with Gasteiger partial charge in [-0.3, -0.25) is 9.48 Å². The van der Waals surface area contributed by atoms with Crippen molar-refractivity contribution in [1.29, 1.82) is 0 Å². The molecule has 0 spiro atoms. The maximum absolute atomic E-state index is 12.6. The van der Waals surface area contributed by atoms with E-state index >= 15 is 0 Å². The average Bonchev–Trinajstić information content (AvgIpc) is 3.02. The molecule has 3 rings (SSSR count). The molecule has 0 aliphatic carbocycles. The van der Waals surface area contributed by atoms with Crippen LogP contribution in [0, 0.1) is 6.92 Å². The second-order valence-electron chi connectivity index (χ2n) is 6.35. The van der Waals surface area contributed by atoms with Crippen molar-refractivity contribution in [2.45, 2.75) is 38.3 Å². The van der Waals surface area contributed by atoms with E-state index < -0.39 is 0 Å². The predicted octanol–water partition coefficient (Wildman–Crippen LogP) is 3.29. The molecule has 2 atom stereocenters. The van der Waals surface area contributed by atoms with Gasteiger partial charge >= 0.3 is 0 Å². The average molecular weight is 385 g/mol. The van der Waals surface area contributed by atoms with Crippen LogP contribution in [-0.2, 0) is 4.79 Å². The Morgan fingerprint density at radius 2 is 2.04 bits per heavy atom. The predicted molar refractivity (Wildman–Crippen MR) is 104 cm³/mol. The summed E-state index contributed by atoms with van der Waals surface area (Å²) in [5, 5.41) is 4.40. The van der Waals surface area contributed by atoms with Crippen molar-refractivity contribution in [3.8, 4) is 0 Å². The molecule has 2 unspecified atom stereocenters. The first kappa shape index (κ1) is 21.5. The third kappa shape index (κ3) is 5.46. The molecule has 2 heterocycles. The summed E-state index contributed by atoms with van der Waals surface area (Å²) in [6.45, 7) is 3.58. The molecule has 25 heavy (non-hydrogen) atoms. The van der Waals surface area contributed by atoms with E-state index in [-0.39, 0.29) is 42.8 Å². The quantitative estimate of drug-likeness (QED) is 0.879. The number of halogens is 2. The van der Waals surface area contributed by atoms with E-state index in [1.807, 2.05) is 59.2 Å². The number of rotatable bonds is 4. The molecule has 0 radical (unpaired) electrons. The Morgan fingerprint density at radius 3 is 2.68 bits per heavy atom. The highest BCUT2D eigenvalue weighted by atomic mass is 35.5. The number of hydrogen-bond acceptors (Lipinski definition) is 3. The minimum atomic E-state index is -0.240. The fourth-order valence-corrected chi connectivity index (χ4v) is 3.17. The minimum Gasteiger partial charge on any atom is -0.340 e. The molecule has 1 amide bonds. The normalized spacial score (nSPS) is 18.0. The Labute approximate surface area is 161 Å². The number of piperidine rings is 1. The largest absolute Gasteiger partial charge is 0.340 e. The van der Waals surface area contributed by atoms with Gasteiger partial charge in [0.25, 0.3) is 0 Å². The number of nitrogens with two attached hydrogens (primary N) is 1. The molecule has 1 aromatic heterocycles. The van der Waals surface area contributed by atoms with Crippen molar-refractivity contribution in [3.05, 3.63) is 53.9 Å². The van der Waals surface area contributed by atoms with Crippen LogP contribution < -0.4 is 5.73 Å². The van der Waals surface area contributed by atoms with E-state index in [1.165, 1.54) is 0 Å². The summed E-state index contributed by atoms with van der Waals surface area (Å²) in [6.07, 6.45) is 6.35.